The third-order valence-electron chi connectivity index (χ3n) is 2.81. The lowest BCUT2D eigenvalue weighted by molar-refractivity contribution is -0.138. The van der Waals surface area contributed by atoms with Gasteiger partial charge >= 0.3 is 11.9 Å². The topological polar surface area (TPSA) is 88.5 Å². The lowest BCUT2D eigenvalue weighted by Crippen LogP contribution is -2.19. The lowest BCUT2D eigenvalue weighted by Gasteiger charge is -2.15. The first kappa shape index (κ1) is 14.9. The van der Waals surface area contributed by atoms with Crippen LogP contribution in [-0.2, 0) is 9.53 Å². The Morgan fingerprint density at radius 2 is 2.26 bits per heavy atom. The third-order valence-corrected chi connectivity index (χ3v) is 2.81. The minimum Gasteiger partial charge on any atom is -0.481 e. The number of aromatic nitrogens is 1. The number of hydrogen-bond donors (Lipinski definition) is 2. The number of esters is 1. The summed E-state index contributed by atoms with van der Waals surface area (Å²) < 4.78 is 4.66. The first-order valence-electron chi connectivity index (χ1n) is 6.07. The molecule has 0 aliphatic carbocycles. The van der Waals surface area contributed by atoms with E-state index in [9.17, 15) is 9.59 Å². The highest BCUT2D eigenvalue weighted by Gasteiger charge is 2.15. The molecule has 1 unspecified atom stereocenters. The molecule has 1 atom stereocenters. The number of pyridine rings is 1. The SMILES string of the molecule is CCC(CNc1ncccc1C(=O)OC)CC(=O)O. The van der Waals surface area contributed by atoms with E-state index in [1.165, 1.54) is 7.11 Å². The number of ether oxygens (including phenoxy) is 1. The standard InChI is InChI=1S/C13H18N2O4/c1-3-9(7-11(16)17)8-15-12-10(13(18)19-2)5-4-6-14-12/h4-6,9H,3,7-8H2,1-2H3,(H,14,15)(H,16,17). The van der Waals surface area contributed by atoms with Gasteiger partial charge in [0.25, 0.3) is 0 Å². The summed E-state index contributed by atoms with van der Waals surface area (Å²) in [5.41, 5.74) is 0.343. The number of anilines is 1. The Morgan fingerprint density at radius 3 is 2.84 bits per heavy atom. The molecule has 1 rings (SSSR count). The Hall–Kier alpha value is -2.11. The fraction of sp³-hybridized carbons (Fsp3) is 0.462. The van der Waals surface area contributed by atoms with E-state index in [2.05, 4.69) is 15.0 Å². The fourth-order valence-electron chi connectivity index (χ4n) is 1.67. The number of nitrogens with one attached hydrogen (secondary N) is 1. The predicted octanol–water partition coefficient (Wildman–Crippen LogP) is 1.78. The number of rotatable bonds is 7. The molecule has 1 aromatic rings. The van der Waals surface area contributed by atoms with Crippen molar-refractivity contribution in [1.82, 2.24) is 4.98 Å². The average molecular weight is 266 g/mol. The Balaban J connectivity index is 2.71. The van der Waals surface area contributed by atoms with E-state index < -0.39 is 11.9 Å². The normalized spacial score (nSPS) is 11.7. The smallest absolute Gasteiger partial charge is 0.341 e. The molecule has 6 heteroatoms. The molecule has 0 fully saturated rings. The van der Waals surface area contributed by atoms with Gasteiger partial charge in [0.15, 0.2) is 0 Å². The number of carbonyl (C=O) groups excluding carboxylic acids is 1. The molecule has 0 aliphatic heterocycles. The van der Waals surface area contributed by atoms with Gasteiger partial charge in [-0.05, 0) is 18.1 Å². The summed E-state index contributed by atoms with van der Waals surface area (Å²) in [5.74, 6) is -0.895. The first-order valence-corrected chi connectivity index (χ1v) is 6.07. The number of carboxylic acid groups (broad SMARTS) is 1. The zero-order valence-electron chi connectivity index (χ0n) is 11.0. The van der Waals surface area contributed by atoms with Gasteiger partial charge in [-0.15, -0.1) is 0 Å². The van der Waals surface area contributed by atoms with E-state index in [1.807, 2.05) is 6.92 Å². The summed E-state index contributed by atoms with van der Waals surface area (Å²) in [7, 11) is 1.30. The number of carboxylic acids is 1. The van der Waals surface area contributed by atoms with Crippen LogP contribution in [0.1, 0.15) is 30.1 Å². The van der Waals surface area contributed by atoms with E-state index in [0.717, 1.165) is 6.42 Å². The molecular formula is C13H18N2O4. The minimum absolute atomic E-state index is 0.00926. The Bertz CT molecular complexity index is 448. The molecule has 0 amide bonds. The highest BCUT2D eigenvalue weighted by molar-refractivity contribution is 5.94. The van der Waals surface area contributed by atoms with E-state index >= 15 is 0 Å². The maximum Gasteiger partial charge on any atom is 0.341 e. The fourth-order valence-corrected chi connectivity index (χ4v) is 1.67. The van der Waals surface area contributed by atoms with Gasteiger partial charge in [-0.3, -0.25) is 4.79 Å². The molecule has 0 spiro atoms. The number of nitrogens with zero attached hydrogens (tertiary/aromatic N) is 1. The molecule has 0 bridgehead atoms. The van der Waals surface area contributed by atoms with Crippen molar-refractivity contribution >= 4 is 17.8 Å². The summed E-state index contributed by atoms with van der Waals surface area (Å²) in [4.78, 5) is 26.3. The van der Waals surface area contributed by atoms with Crippen LogP contribution in [0.25, 0.3) is 0 Å². The van der Waals surface area contributed by atoms with Crippen LogP contribution in [0.15, 0.2) is 18.3 Å². The van der Waals surface area contributed by atoms with Gasteiger partial charge in [-0.1, -0.05) is 13.3 Å². The van der Waals surface area contributed by atoms with Crippen molar-refractivity contribution in [3.05, 3.63) is 23.9 Å². The second-order valence-corrected chi connectivity index (χ2v) is 4.14. The van der Waals surface area contributed by atoms with Crippen molar-refractivity contribution in [2.45, 2.75) is 19.8 Å². The van der Waals surface area contributed by atoms with E-state index in [0.29, 0.717) is 17.9 Å². The van der Waals surface area contributed by atoms with Crippen molar-refractivity contribution in [3.63, 3.8) is 0 Å². The highest BCUT2D eigenvalue weighted by Crippen LogP contribution is 2.15. The van der Waals surface area contributed by atoms with Crippen molar-refractivity contribution < 1.29 is 19.4 Å². The summed E-state index contributed by atoms with van der Waals surface area (Å²) in [6, 6.07) is 3.26. The van der Waals surface area contributed by atoms with Crippen molar-refractivity contribution in [1.29, 1.82) is 0 Å². The van der Waals surface area contributed by atoms with Crippen LogP contribution in [-0.4, -0.2) is 35.7 Å². The molecule has 0 aromatic carbocycles. The molecular weight excluding hydrogens is 248 g/mol. The van der Waals surface area contributed by atoms with Gasteiger partial charge in [-0.2, -0.15) is 0 Å². The molecule has 0 saturated carbocycles. The highest BCUT2D eigenvalue weighted by atomic mass is 16.5. The molecule has 2 N–H and O–H groups in total. The number of aliphatic carboxylic acids is 1. The van der Waals surface area contributed by atoms with Gasteiger partial charge in [-0.25, -0.2) is 9.78 Å². The van der Waals surface area contributed by atoms with Gasteiger partial charge in [0.2, 0.25) is 0 Å². The summed E-state index contributed by atoms with van der Waals surface area (Å²) in [6.45, 7) is 2.37. The van der Waals surface area contributed by atoms with Crippen molar-refractivity contribution in [2.24, 2.45) is 5.92 Å². The molecule has 19 heavy (non-hydrogen) atoms. The van der Waals surface area contributed by atoms with Crippen LogP contribution in [0.3, 0.4) is 0 Å². The maximum atomic E-state index is 11.5. The number of carbonyl (C=O) groups is 2. The quantitative estimate of drug-likeness (QED) is 0.731. The summed E-state index contributed by atoms with van der Waals surface area (Å²) in [5, 5.41) is 11.8. The Kier molecular flexibility index (Phi) is 5.78. The molecule has 0 saturated heterocycles. The monoisotopic (exact) mass is 266 g/mol. The average Bonchev–Trinajstić information content (AvgIpc) is 2.42. The Labute approximate surface area is 111 Å². The van der Waals surface area contributed by atoms with Crippen LogP contribution in [0, 0.1) is 5.92 Å². The van der Waals surface area contributed by atoms with Crippen molar-refractivity contribution in [2.75, 3.05) is 19.0 Å². The number of hydrogen-bond acceptors (Lipinski definition) is 5. The van der Waals surface area contributed by atoms with Crippen molar-refractivity contribution in [3.8, 4) is 0 Å². The van der Waals surface area contributed by atoms with Crippen LogP contribution in [0.2, 0.25) is 0 Å². The van der Waals surface area contributed by atoms with Crippen LogP contribution >= 0.6 is 0 Å². The molecule has 1 aromatic heterocycles. The molecule has 1 heterocycles. The maximum absolute atomic E-state index is 11.5. The van der Waals surface area contributed by atoms with E-state index in [1.54, 1.807) is 18.3 Å². The van der Waals surface area contributed by atoms with Gasteiger partial charge in [0, 0.05) is 19.2 Å². The second-order valence-electron chi connectivity index (χ2n) is 4.14. The van der Waals surface area contributed by atoms with Gasteiger partial charge in [0.1, 0.15) is 11.4 Å². The van der Waals surface area contributed by atoms with Gasteiger partial charge < -0.3 is 15.2 Å². The summed E-state index contributed by atoms with van der Waals surface area (Å²) >= 11 is 0. The van der Waals surface area contributed by atoms with E-state index in [-0.39, 0.29) is 12.3 Å². The zero-order valence-corrected chi connectivity index (χ0v) is 11.0. The lowest BCUT2D eigenvalue weighted by atomic mass is 10.0. The molecule has 0 aliphatic rings. The van der Waals surface area contributed by atoms with Crippen LogP contribution in [0.5, 0.6) is 0 Å². The second kappa shape index (κ2) is 7.35. The largest absolute Gasteiger partial charge is 0.481 e. The molecule has 0 radical (unpaired) electrons. The van der Waals surface area contributed by atoms with Crippen LogP contribution in [0.4, 0.5) is 5.82 Å². The minimum atomic E-state index is -0.831. The van der Waals surface area contributed by atoms with Crippen LogP contribution < -0.4 is 5.32 Å². The molecule has 104 valence electrons. The first-order chi connectivity index (χ1) is 9.08. The Morgan fingerprint density at radius 1 is 1.53 bits per heavy atom. The van der Waals surface area contributed by atoms with Gasteiger partial charge in [0.05, 0.1) is 7.11 Å². The molecule has 6 nitrogen and oxygen atoms in total. The number of methoxy groups -OCH3 is 1. The third kappa shape index (κ3) is 4.57. The zero-order chi connectivity index (χ0) is 14.3. The summed E-state index contributed by atoms with van der Waals surface area (Å²) in [6.07, 6.45) is 2.39. The predicted molar refractivity (Wildman–Crippen MR) is 70.1 cm³/mol. The van der Waals surface area contributed by atoms with E-state index in [4.69, 9.17) is 5.11 Å².